The molecule has 3 nitrogen and oxygen atoms in total. The molecule has 1 N–H and O–H groups in total. The highest BCUT2D eigenvalue weighted by atomic mass is 19.4. The van der Waals surface area contributed by atoms with E-state index >= 15 is 0 Å². The molecule has 25 heavy (non-hydrogen) atoms. The van der Waals surface area contributed by atoms with Crippen LogP contribution in [0.3, 0.4) is 0 Å². The van der Waals surface area contributed by atoms with E-state index in [2.05, 4.69) is 4.90 Å². The van der Waals surface area contributed by atoms with E-state index in [1.165, 1.54) is 17.0 Å². The topological polar surface area (TPSA) is 16.9 Å². The fraction of sp³-hybridized carbons (Fsp3) is 0.368. The van der Waals surface area contributed by atoms with Crippen LogP contribution in [0.4, 0.5) is 18.9 Å². The number of ether oxygens (including phenoxy) is 1. The molecule has 1 aliphatic rings. The largest absolute Gasteiger partial charge is 0.495 e. The van der Waals surface area contributed by atoms with Crippen LogP contribution >= 0.6 is 0 Å². The number of methoxy groups -OCH3 is 1. The highest BCUT2D eigenvalue weighted by molar-refractivity contribution is 5.58. The van der Waals surface area contributed by atoms with E-state index in [0.717, 1.165) is 49.2 Å². The Balaban J connectivity index is 1.62. The standard InChI is InChI=1S/C19H21F3N2O/c1-25-18-8-3-2-7-17(18)24-11-9-23(10-12-24)14-15-5-4-6-16(13-15)19(20,21)22/h2-8,13H,9-12,14H2,1H3/p+1. The maximum atomic E-state index is 12.8. The number of nitrogens with zero attached hydrogens (tertiary/aromatic N) is 1. The summed E-state index contributed by atoms with van der Waals surface area (Å²) in [6.45, 7) is 4.09. The second kappa shape index (κ2) is 7.35. The highest BCUT2D eigenvalue weighted by Gasteiger charge is 2.31. The molecular formula is C19H22F3N2O+. The molecule has 0 bridgehead atoms. The third kappa shape index (κ3) is 4.25. The van der Waals surface area contributed by atoms with Crippen molar-refractivity contribution in [3.05, 3.63) is 59.7 Å². The lowest BCUT2D eigenvalue weighted by Gasteiger charge is -2.34. The van der Waals surface area contributed by atoms with Gasteiger partial charge in [0.05, 0.1) is 44.5 Å². The molecule has 0 radical (unpaired) electrons. The van der Waals surface area contributed by atoms with Crippen LogP contribution < -0.4 is 14.5 Å². The zero-order valence-corrected chi connectivity index (χ0v) is 14.1. The van der Waals surface area contributed by atoms with Crippen molar-refractivity contribution in [1.82, 2.24) is 0 Å². The summed E-state index contributed by atoms with van der Waals surface area (Å²) >= 11 is 0. The number of hydrogen-bond donors (Lipinski definition) is 1. The van der Waals surface area contributed by atoms with Gasteiger partial charge in [0.2, 0.25) is 0 Å². The maximum Gasteiger partial charge on any atom is 0.416 e. The number of benzene rings is 2. The zero-order chi connectivity index (χ0) is 17.9. The van der Waals surface area contributed by atoms with Crippen LogP contribution in [0.1, 0.15) is 11.1 Å². The minimum atomic E-state index is -4.28. The fourth-order valence-electron chi connectivity index (χ4n) is 3.28. The molecule has 0 spiro atoms. The minimum absolute atomic E-state index is 0.572. The van der Waals surface area contributed by atoms with Gasteiger partial charge in [0.1, 0.15) is 12.3 Å². The Morgan fingerprint density at radius 2 is 1.76 bits per heavy atom. The SMILES string of the molecule is COc1ccccc1N1CC[NH+](Cc2cccc(C(F)(F)F)c2)CC1. The Morgan fingerprint density at radius 3 is 2.44 bits per heavy atom. The molecule has 0 aromatic heterocycles. The van der Waals surface area contributed by atoms with Crippen molar-refractivity contribution >= 4 is 5.69 Å². The Morgan fingerprint density at radius 1 is 1.04 bits per heavy atom. The number of piperazine rings is 1. The molecule has 0 aliphatic carbocycles. The van der Waals surface area contributed by atoms with Gasteiger partial charge in [0.25, 0.3) is 0 Å². The van der Waals surface area contributed by atoms with E-state index in [-0.39, 0.29) is 0 Å². The van der Waals surface area contributed by atoms with Crippen LogP contribution in [0, 0.1) is 0 Å². The maximum absolute atomic E-state index is 12.8. The summed E-state index contributed by atoms with van der Waals surface area (Å²) < 4.78 is 43.9. The average molecular weight is 351 g/mol. The first-order valence-electron chi connectivity index (χ1n) is 8.35. The normalized spacial score (nSPS) is 16.1. The molecule has 1 aliphatic heterocycles. The number of anilines is 1. The van der Waals surface area contributed by atoms with E-state index in [1.807, 2.05) is 24.3 Å². The Labute approximate surface area is 145 Å². The van der Waals surface area contributed by atoms with E-state index in [0.29, 0.717) is 6.54 Å². The molecule has 0 amide bonds. The van der Waals surface area contributed by atoms with Crippen molar-refractivity contribution in [1.29, 1.82) is 0 Å². The summed E-state index contributed by atoms with van der Waals surface area (Å²) in [6, 6.07) is 13.6. The lowest BCUT2D eigenvalue weighted by Crippen LogP contribution is -3.13. The van der Waals surface area contributed by atoms with Crippen molar-refractivity contribution in [2.24, 2.45) is 0 Å². The van der Waals surface area contributed by atoms with E-state index in [9.17, 15) is 13.2 Å². The van der Waals surface area contributed by atoms with Crippen LogP contribution in [0.15, 0.2) is 48.5 Å². The summed E-state index contributed by atoms with van der Waals surface area (Å²) in [6.07, 6.45) is -4.28. The summed E-state index contributed by atoms with van der Waals surface area (Å²) in [5, 5.41) is 0. The quantitative estimate of drug-likeness (QED) is 0.912. The molecule has 1 heterocycles. The molecule has 1 fully saturated rings. The second-order valence-electron chi connectivity index (χ2n) is 6.28. The van der Waals surface area contributed by atoms with Crippen molar-refractivity contribution in [2.45, 2.75) is 12.7 Å². The van der Waals surface area contributed by atoms with Gasteiger partial charge >= 0.3 is 6.18 Å². The van der Waals surface area contributed by atoms with Crippen LogP contribution in [0.5, 0.6) is 5.75 Å². The van der Waals surface area contributed by atoms with Crippen molar-refractivity contribution < 1.29 is 22.8 Å². The average Bonchev–Trinajstić information content (AvgIpc) is 2.62. The van der Waals surface area contributed by atoms with Crippen LogP contribution in [-0.4, -0.2) is 33.3 Å². The van der Waals surface area contributed by atoms with E-state index < -0.39 is 11.7 Å². The Hall–Kier alpha value is -2.21. The molecule has 6 heteroatoms. The molecule has 134 valence electrons. The smallest absolute Gasteiger partial charge is 0.416 e. The molecule has 2 aromatic rings. The van der Waals surface area contributed by atoms with E-state index in [1.54, 1.807) is 13.2 Å². The molecule has 2 aromatic carbocycles. The monoisotopic (exact) mass is 351 g/mol. The molecule has 3 rings (SSSR count). The van der Waals surface area contributed by atoms with Crippen molar-refractivity contribution in [2.75, 3.05) is 38.2 Å². The lowest BCUT2D eigenvalue weighted by molar-refractivity contribution is -0.914. The van der Waals surface area contributed by atoms with Gasteiger partial charge in [-0.1, -0.05) is 24.3 Å². The zero-order valence-electron chi connectivity index (χ0n) is 14.1. The van der Waals surface area contributed by atoms with Crippen LogP contribution in [0.2, 0.25) is 0 Å². The predicted octanol–water partition coefficient (Wildman–Crippen LogP) is 2.62. The van der Waals surface area contributed by atoms with Gasteiger partial charge in [-0.05, 0) is 24.3 Å². The van der Waals surface area contributed by atoms with Gasteiger partial charge in [0, 0.05) is 5.56 Å². The summed E-state index contributed by atoms with van der Waals surface area (Å²) in [5.74, 6) is 0.851. The summed E-state index contributed by atoms with van der Waals surface area (Å²) in [7, 11) is 1.66. The second-order valence-corrected chi connectivity index (χ2v) is 6.28. The number of hydrogen-bond acceptors (Lipinski definition) is 2. The third-order valence-corrected chi connectivity index (χ3v) is 4.60. The van der Waals surface area contributed by atoms with Gasteiger partial charge in [-0.15, -0.1) is 0 Å². The fourth-order valence-corrected chi connectivity index (χ4v) is 3.28. The van der Waals surface area contributed by atoms with Crippen LogP contribution in [0.25, 0.3) is 0 Å². The number of quaternary nitrogens is 1. The van der Waals surface area contributed by atoms with Gasteiger partial charge in [0.15, 0.2) is 0 Å². The Kier molecular flexibility index (Phi) is 5.18. The first-order valence-corrected chi connectivity index (χ1v) is 8.35. The lowest BCUT2D eigenvalue weighted by atomic mass is 10.1. The van der Waals surface area contributed by atoms with E-state index in [4.69, 9.17) is 4.74 Å². The summed E-state index contributed by atoms with van der Waals surface area (Å²) in [5.41, 5.74) is 1.23. The molecule has 0 atom stereocenters. The Bertz CT molecular complexity index is 710. The first-order chi connectivity index (χ1) is 12.0. The predicted molar refractivity (Wildman–Crippen MR) is 91.1 cm³/mol. The number of halogens is 3. The molecular weight excluding hydrogens is 329 g/mol. The molecule has 0 saturated carbocycles. The molecule has 0 unspecified atom stereocenters. The van der Waals surface area contributed by atoms with Gasteiger partial charge < -0.3 is 14.5 Å². The van der Waals surface area contributed by atoms with Crippen molar-refractivity contribution in [3.63, 3.8) is 0 Å². The van der Waals surface area contributed by atoms with Crippen LogP contribution in [-0.2, 0) is 12.7 Å². The number of nitrogens with one attached hydrogen (secondary N) is 1. The number of para-hydroxylation sites is 2. The molecule has 1 saturated heterocycles. The summed E-state index contributed by atoms with van der Waals surface area (Å²) in [4.78, 5) is 3.57. The number of rotatable bonds is 4. The first kappa shape index (κ1) is 17.6. The van der Waals surface area contributed by atoms with Gasteiger partial charge in [-0.2, -0.15) is 13.2 Å². The van der Waals surface area contributed by atoms with Gasteiger partial charge in [-0.3, -0.25) is 0 Å². The highest BCUT2D eigenvalue weighted by Crippen LogP contribution is 2.29. The number of alkyl halides is 3. The minimum Gasteiger partial charge on any atom is -0.495 e. The van der Waals surface area contributed by atoms with Crippen molar-refractivity contribution in [3.8, 4) is 5.75 Å². The van der Waals surface area contributed by atoms with Gasteiger partial charge in [-0.25, -0.2) is 0 Å². The third-order valence-electron chi connectivity index (χ3n) is 4.60.